The van der Waals surface area contributed by atoms with Crippen molar-refractivity contribution in [1.29, 1.82) is 0 Å². The summed E-state index contributed by atoms with van der Waals surface area (Å²) >= 11 is 0. The fourth-order valence-electron chi connectivity index (χ4n) is 2.92. The summed E-state index contributed by atoms with van der Waals surface area (Å²) in [4.78, 5) is 13.9. The molecule has 1 aliphatic heterocycles. The number of carbonyl (C=O) groups is 1. The van der Waals surface area contributed by atoms with E-state index < -0.39 is 0 Å². The van der Waals surface area contributed by atoms with Crippen molar-refractivity contribution in [1.82, 2.24) is 0 Å². The second kappa shape index (κ2) is 3.48. The lowest BCUT2D eigenvalue weighted by Gasteiger charge is -2.35. The lowest BCUT2D eigenvalue weighted by atomic mass is 9.95. The van der Waals surface area contributed by atoms with Gasteiger partial charge < -0.3 is 4.90 Å². The van der Waals surface area contributed by atoms with Crippen molar-refractivity contribution in [2.45, 2.75) is 24.8 Å². The smallest absolute Gasteiger partial charge is 0.158 e. The van der Waals surface area contributed by atoms with Gasteiger partial charge in [0.25, 0.3) is 0 Å². The predicted molar refractivity (Wildman–Crippen MR) is 64.5 cm³/mol. The summed E-state index contributed by atoms with van der Waals surface area (Å²) in [6, 6.07) is 10.4. The molecule has 1 fully saturated rings. The molecule has 0 amide bonds. The predicted octanol–water partition coefficient (Wildman–Crippen LogP) is 2.55. The highest BCUT2D eigenvalue weighted by atomic mass is 16.1. The minimum Gasteiger partial charge on any atom is -0.362 e. The Morgan fingerprint density at radius 3 is 2.69 bits per heavy atom. The topological polar surface area (TPSA) is 20.3 Å². The van der Waals surface area contributed by atoms with E-state index >= 15 is 0 Å². The van der Waals surface area contributed by atoms with Crippen LogP contribution in [0.15, 0.2) is 42.5 Å². The van der Waals surface area contributed by atoms with Crippen LogP contribution in [0, 0.1) is 0 Å². The minimum atomic E-state index is -0.0154. The fourth-order valence-corrected chi connectivity index (χ4v) is 2.92. The van der Waals surface area contributed by atoms with Crippen LogP contribution < -0.4 is 4.90 Å². The van der Waals surface area contributed by atoms with Crippen molar-refractivity contribution in [2.75, 3.05) is 11.4 Å². The van der Waals surface area contributed by atoms with Crippen LogP contribution >= 0.6 is 0 Å². The Kier molecular flexibility index (Phi) is 2.10. The van der Waals surface area contributed by atoms with Crippen LogP contribution in [0.2, 0.25) is 0 Å². The van der Waals surface area contributed by atoms with E-state index in [9.17, 15) is 4.79 Å². The third-order valence-corrected chi connectivity index (χ3v) is 3.66. The zero-order valence-corrected chi connectivity index (χ0v) is 9.23. The van der Waals surface area contributed by atoms with Gasteiger partial charge >= 0.3 is 0 Å². The summed E-state index contributed by atoms with van der Waals surface area (Å²) in [5.74, 6) is 0.267. The summed E-state index contributed by atoms with van der Waals surface area (Å²) in [6.45, 7) is 1.06. The lowest BCUT2D eigenvalue weighted by molar-refractivity contribution is -0.114. The molecule has 2 heteroatoms. The molecule has 1 atom stereocenters. The van der Waals surface area contributed by atoms with Crippen LogP contribution in [0.5, 0.6) is 0 Å². The van der Waals surface area contributed by atoms with E-state index in [4.69, 9.17) is 0 Å². The average Bonchev–Trinajstić information content (AvgIpc) is 2.88. The summed E-state index contributed by atoms with van der Waals surface area (Å²) in [5.41, 5.74) is 1.22. The first-order chi connectivity index (χ1) is 7.80. The molecule has 0 unspecified atom stereocenters. The Hall–Kier alpha value is -1.57. The number of para-hydroxylation sites is 1. The molecule has 0 bridgehead atoms. The molecule has 2 nitrogen and oxygen atoms in total. The van der Waals surface area contributed by atoms with Crippen molar-refractivity contribution >= 4 is 11.5 Å². The first-order valence-corrected chi connectivity index (χ1v) is 5.85. The molecular formula is C14H15NO. The number of hydrogen-bond donors (Lipinski definition) is 0. The number of allylic oxidation sites excluding steroid dienone is 1. The van der Waals surface area contributed by atoms with E-state index in [-0.39, 0.29) is 11.3 Å². The van der Waals surface area contributed by atoms with Crippen molar-refractivity contribution in [3.63, 3.8) is 0 Å². The Morgan fingerprint density at radius 2 is 2.00 bits per heavy atom. The molecule has 16 heavy (non-hydrogen) atoms. The second-order valence-corrected chi connectivity index (χ2v) is 4.67. The number of hydrogen-bond acceptors (Lipinski definition) is 2. The van der Waals surface area contributed by atoms with Crippen LogP contribution in [0.25, 0.3) is 0 Å². The minimum absolute atomic E-state index is 0.0154. The van der Waals surface area contributed by atoms with Crippen molar-refractivity contribution in [3.05, 3.63) is 42.5 Å². The van der Waals surface area contributed by atoms with Gasteiger partial charge in [-0.05, 0) is 31.1 Å². The highest BCUT2D eigenvalue weighted by Crippen LogP contribution is 2.40. The third-order valence-electron chi connectivity index (χ3n) is 3.66. The molecule has 1 spiro atoms. The molecule has 82 valence electrons. The second-order valence-electron chi connectivity index (χ2n) is 4.67. The number of carbonyl (C=O) groups excluding carboxylic acids is 1. The Morgan fingerprint density at radius 1 is 1.19 bits per heavy atom. The van der Waals surface area contributed by atoms with Crippen LogP contribution in [0.1, 0.15) is 19.3 Å². The van der Waals surface area contributed by atoms with Gasteiger partial charge in [0.1, 0.15) is 0 Å². The Balaban J connectivity index is 1.96. The SMILES string of the molecule is O=C1C=C[C@]2(CCCN2c2ccccc2)C1. The number of rotatable bonds is 1. The number of nitrogens with zero attached hydrogens (tertiary/aromatic N) is 1. The third kappa shape index (κ3) is 1.37. The molecule has 0 N–H and O–H groups in total. The number of anilines is 1. The summed E-state index contributed by atoms with van der Waals surface area (Å²) in [6.07, 6.45) is 6.79. The van der Waals surface area contributed by atoms with Gasteiger partial charge in [-0.1, -0.05) is 24.3 Å². The van der Waals surface area contributed by atoms with Gasteiger partial charge in [0.2, 0.25) is 0 Å². The van der Waals surface area contributed by atoms with Crippen LogP contribution in [-0.2, 0) is 4.79 Å². The van der Waals surface area contributed by atoms with Crippen LogP contribution in [-0.4, -0.2) is 17.9 Å². The zero-order valence-electron chi connectivity index (χ0n) is 9.23. The molecule has 2 aliphatic rings. The largest absolute Gasteiger partial charge is 0.362 e. The van der Waals surface area contributed by atoms with E-state index in [2.05, 4.69) is 35.2 Å². The molecule has 0 radical (unpaired) electrons. The highest BCUT2D eigenvalue weighted by Gasteiger charge is 2.42. The molecule has 1 heterocycles. The van der Waals surface area contributed by atoms with Crippen LogP contribution in [0.3, 0.4) is 0 Å². The highest BCUT2D eigenvalue weighted by molar-refractivity contribution is 5.95. The van der Waals surface area contributed by atoms with Gasteiger partial charge in [-0.15, -0.1) is 0 Å². The number of ketones is 1. The van der Waals surface area contributed by atoms with E-state index in [0.29, 0.717) is 6.42 Å². The van der Waals surface area contributed by atoms with E-state index in [0.717, 1.165) is 13.0 Å². The standard InChI is InChI=1S/C14H15NO/c16-13-7-9-14(11-13)8-4-10-15(14)12-5-2-1-3-6-12/h1-3,5-7,9H,4,8,10-11H2/t14-/m1/s1. The maximum Gasteiger partial charge on any atom is 0.158 e. The van der Waals surface area contributed by atoms with Crippen molar-refractivity contribution in [3.8, 4) is 0 Å². The molecule has 1 aromatic rings. The average molecular weight is 213 g/mol. The van der Waals surface area contributed by atoms with E-state index in [1.807, 2.05) is 6.07 Å². The first-order valence-electron chi connectivity index (χ1n) is 5.85. The van der Waals surface area contributed by atoms with E-state index in [1.165, 1.54) is 12.1 Å². The quantitative estimate of drug-likeness (QED) is 0.714. The fraction of sp³-hybridized carbons (Fsp3) is 0.357. The maximum absolute atomic E-state index is 11.5. The van der Waals surface area contributed by atoms with Gasteiger partial charge in [0.15, 0.2) is 5.78 Å². The molecule has 0 saturated carbocycles. The van der Waals surface area contributed by atoms with Crippen molar-refractivity contribution in [2.24, 2.45) is 0 Å². The lowest BCUT2D eigenvalue weighted by Crippen LogP contribution is -2.41. The normalized spacial score (nSPS) is 28.2. The van der Waals surface area contributed by atoms with Gasteiger partial charge in [0, 0.05) is 18.7 Å². The van der Waals surface area contributed by atoms with E-state index in [1.54, 1.807) is 6.08 Å². The zero-order chi connectivity index (χ0) is 11.0. The Bertz CT molecular complexity index is 437. The molecular weight excluding hydrogens is 198 g/mol. The first kappa shape index (κ1) is 9.64. The molecule has 1 saturated heterocycles. The van der Waals surface area contributed by atoms with Gasteiger partial charge in [-0.3, -0.25) is 4.79 Å². The van der Waals surface area contributed by atoms with Crippen LogP contribution in [0.4, 0.5) is 5.69 Å². The van der Waals surface area contributed by atoms with Gasteiger partial charge in [-0.2, -0.15) is 0 Å². The summed E-state index contributed by atoms with van der Waals surface area (Å²) in [7, 11) is 0. The molecule has 1 aliphatic carbocycles. The van der Waals surface area contributed by atoms with Gasteiger partial charge in [-0.25, -0.2) is 0 Å². The number of benzene rings is 1. The summed E-state index contributed by atoms with van der Waals surface area (Å²) < 4.78 is 0. The summed E-state index contributed by atoms with van der Waals surface area (Å²) in [5, 5.41) is 0. The molecule has 3 rings (SSSR count). The molecule has 0 aromatic heterocycles. The molecule has 1 aromatic carbocycles. The maximum atomic E-state index is 11.5. The van der Waals surface area contributed by atoms with Gasteiger partial charge in [0.05, 0.1) is 5.54 Å². The Labute approximate surface area is 95.6 Å². The van der Waals surface area contributed by atoms with Crippen molar-refractivity contribution < 1.29 is 4.79 Å². The monoisotopic (exact) mass is 213 g/mol.